The van der Waals surface area contributed by atoms with Crippen LogP contribution in [0, 0.1) is 17.8 Å². The zero-order valence-corrected chi connectivity index (χ0v) is 12.8. The Hall–Kier alpha value is -0.520. The average Bonchev–Trinajstić information content (AvgIpc) is 2.33. The van der Waals surface area contributed by atoms with E-state index in [9.17, 15) is 0 Å². The molecule has 1 aliphatic carbocycles. The summed E-state index contributed by atoms with van der Waals surface area (Å²) in [6.45, 7) is 15.6. The molecule has 1 rings (SSSR count). The van der Waals surface area contributed by atoms with Gasteiger partial charge < -0.3 is 0 Å². The van der Waals surface area contributed by atoms with Crippen LogP contribution in [-0.4, -0.2) is 0 Å². The molecule has 1 fully saturated rings. The van der Waals surface area contributed by atoms with Crippen molar-refractivity contribution in [1.29, 1.82) is 0 Å². The third kappa shape index (κ3) is 4.63. The third-order valence-electron chi connectivity index (χ3n) is 4.65. The quantitative estimate of drug-likeness (QED) is 0.475. The summed E-state index contributed by atoms with van der Waals surface area (Å²) in [5.41, 5.74) is 2.87. The molecule has 0 aromatic heterocycles. The summed E-state index contributed by atoms with van der Waals surface area (Å²) in [5, 5.41) is 0. The first-order valence-corrected chi connectivity index (χ1v) is 7.93. The molecule has 1 aliphatic rings. The predicted molar refractivity (Wildman–Crippen MR) is 82.7 cm³/mol. The monoisotopic (exact) mass is 248 g/mol. The minimum Gasteiger partial charge on any atom is -0.0993 e. The Balaban J connectivity index is 2.44. The molecule has 1 unspecified atom stereocenters. The molecular formula is C18H32. The molecule has 0 heteroatoms. The molecule has 0 saturated heterocycles. The van der Waals surface area contributed by atoms with E-state index in [1.54, 1.807) is 0 Å². The second kappa shape index (κ2) is 7.81. The van der Waals surface area contributed by atoms with Gasteiger partial charge >= 0.3 is 0 Å². The highest BCUT2D eigenvalue weighted by molar-refractivity contribution is 5.16. The lowest BCUT2D eigenvalue weighted by Crippen LogP contribution is -2.15. The Morgan fingerprint density at radius 2 is 1.67 bits per heavy atom. The molecule has 0 aromatic carbocycles. The lowest BCUT2D eigenvalue weighted by molar-refractivity contribution is 0.284. The van der Waals surface area contributed by atoms with Crippen LogP contribution in [0.4, 0.5) is 0 Å². The molecule has 0 aliphatic heterocycles. The Labute approximate surface area is 115 Å². The topological polar surface area (TPSA) is 0 Å². The summed E-state index contributed by atoms with van der Waals surface area (Å²) in [6, 6.07) is 0. The second-order valence-corrected chi connectivity index (χ2v) is 6.36. The van der Waals surface area contributed by atoms with E-state index in [0.717, 1.165) is 11.8 Å². The first kappa shape index (κ1) is 15.5. The van der Waals surface area contributed by atoms with Crippen LogP contribution in [0.2, 0.25) is 0 Å². The maximum absolute atomic E-state index is 4.38. The van der Waals surface area contributed by atoms with Crippen molar-refractivity contribution in [2.45, 2.75) is 72.1 Å². The van der Waals surface area contributed by atoms with Gasteiger partial charge in [0.1, 0.15) is 0 Å². The summed E-state index contributed by atoms with van der Waals surface area (Å²) in [4.78, 5) is 0. The molecule has 0 aromatic rings. The van der Waals surface area contributed by atoms with E-state index in [4.69, 9.17) is 0 Å². The van der Waals surface area contributed by atoms with Crippen LogP contribution in [0.1, 0.15) is 72.1 Å². The summed E-state index contributed by atoms with van der Waals surface area (Å²) >= 11 is 0. The Morgan fingerprint density at radius 1 is 1.06 bits per heavy atom. The highest BCUT2D eigenvalue weighted by Gasteiger charge is 2.22. The normalized spacial score (nSPS) is 25.7. The van der Waals surface area contributed by atoms with Gasteiger partial charge in [-0.25, -0.2) is 0 Å². The highest BCUT2D eigenvalue weighted by atomic mass is 14.3. The predicted octanol–water partition coefficient (Wildman–Crippen LogP) is 6.14. The summed E-state index contributed by atoms with van der Waals surface area (Å²) in [5.74, 6) is 2.42. The van der Waals surface area contributed by atoms with Gasteiger partial charge in [0.2, 0.25) is 0 Å². The summed E-state index contributed by atoms with van der Waals surface area (Å²) in [7, 11) is 0. The van der Waals surface area contributed by atoms with Gasteiger partial charge in [-0.05, 0) is 49.9 Å². The van der Waals surface area contributed by atoms with Gasteiger partial charge in [0, 0.05) is 0 Å². The van der Waals surface area contributed by atoms with Crippen LogP contribution < -0.4 is 0 Å². The molecule has 0 radical (unpaired) electrons. The Kier molecular flexibility index (Phi) is 6.75. The molecule has 104 valence electrons. The minimum absolute atomic E-state index is 0.573. The number of hydrogen-bond acceptors (Lipinski definition) is 0. The lowest BCUT2D eigenvalue weighted by atomic mass is 9.76. The van der Waals surface area contributed by atoms with Crippen molar-refractivity contribution in [3.05, 3.63) is 24.3 Å². The van der Waals surface area contributed by atoms with E-state index in [2.05, 4.69) is 33.9 Å². The van der Waals surface area contributed by atoms with Gasteiger partial charge in [0.05, 0.1) is 0 Å². The van der Waals surface area contributed by atoms with Gasteiger partial charge in [0.15, 0.2) is 0 Å². The first-order chi connectivity index (χ1) is 8.58. The third-order valence-corrected chi connectivity index (χ3v) is 4.65. The smallest absolute Gasteiger partial charge is 0.0000982 e. The van der Waals surface area contributed by atoms with Crippen LogP contribution in [0.5, 0.6) is 0 Å². The fourth-order valence-corrected chi connectivity index (χ4v) is 3.41. The number of hydrogen-bond donors (Lipinski definition) is 0. The van der Waals surface area contributed by atoms with Gasteiger partial charge in [-0.15, -0.1) is 0 Å². The largest absolute Gasteiger partial charge is 0.0993 e. The van der Waals surface area contributed by atoms with Crippen LogP contribution in [-0.2, 0) is 0 Å². The molecule has 18 heavy (non-hydrogen) atoms. The maximum atomic E-state index is 4.38. The van der Waals surface area contributed by atoms with Crippen molar-refractivity contribution in [3.8, 4) is 0 Å². The molecule has 0 bridgehead atoms. The van der Waals surface area contributed by atoms with Gasteiger partial charge in [-0.1, -0.05) is 64.3 Å². The fraction of sp³-hybridized carbons (Fsp3) is 0.778. The molecule has 0 nitrogen and oxygen atoms in total. The van der Waals surface area contributed by atoms with Crippen molar-refractivity contribution in [2.24, 2.45) is 17.8 Å². The van der Waals surface area contributed by atoms with E-state index < -0.39 is 0 Å². The molecule has 0 N–H and O–H groups in total. The van der Waals surface area contributed by atoms with Crippen molar-refractivity contribution in [3.63, 3.8) is 0 Å². The zero-order chi connectivity index (χ0) is 13.5. The van der Waals surface area contributed by atoms with E-state index in [1.165, 1.54) is 62.5 Å². The molecule has 0 spiro atoms. The zero-order valence-electron chi connectivity index (χ0n) is 12.8. The standard InChI is InChI=1S/C18H32/c1-6-8-15(4)18(7-2)16(5)13-17-11-9-14(3)10-12-17/h14,17-18H,4-13H2,1-3H3. The summed E-state index contributed by atoms with van der Waals surface area (Å²) in [6.07, 6.45) is 10.5. The average molecular weight is 248 g/mol. The van der Waals surface area contributed by atoms with E-state index in [0.29, 0.717) is 5.92 Å². The van der Waals surface area contributed by atoms with Gasteiger partial charge in [-0.2, -0.15) is 0 Å². The van der Waals surface area contributed by atoms with Crippen LogP contribution in [0.15, 0.2) is 24.3 Å². The number of rotatable bonds is 7. The SMILES string of the molecule is C=C(CCC)C(CC)C(=C)CC1CCC(C)CC1. The maximum Gasteiger partial charge on any atom is -0.0000982 e. The van der Waals surface area contributed by atoms with Gasteiger partial charge in [0.25, 0.3) is 0 Å². The molecule has 0 heterocycles. The van der Waals surface area contributed by atoms with E-state index in [1.807, 2.05) is 0 Å². The van der Waals surface area contributed by atoms with E-state index in [-0.39, 0.29) is 0 Å². The molecule has 1 atom stereocenters. The fourth-order valence-electron chi connectivity index (χ4n) is 3.41. The van der Waals surface area contributed by atoms with Crippen LogP contribution in [0.3, 0.4) is 0 Å². The van der Waals surface area contributed by atoms with Crippen LogP contribution >= 0.6 is 0 Å². The van der Waals surface area contributed by atoms with Crippen molar-refractivity contribution < 1.29 is 0 Å². The molecule has 0 amide bonds. The lowest BCUT2D eigenvalue weighted by Gasteiger charge is -2.29. The van der Waals surface area contributed by atoms with Gasteiger partial charge in [-0.3, -0.25) is 0 Å². The highest BCUT2D eigenvalue weighted by Crippen LogP contribution is 2.36. The second-order valence-electron chi connectivity index (χ2n) is 6.36. The minimum atomic E-state index is 0.573. The Bertz CT molecular complexity index is 266. The molecular weight excluding hydrogens is 216 g/mol. The summed E-state index contributed by atoms with van der Waals surface area (Å²) < 4.78 is 0. The van der Waals surface area contributed by atoms with Crippen molar-refractivity contribution >= 4 is 0 Å². The number of allylic oxidation sites excluding steroid dienone is 2. The Morgan fingerprint density at radius 3 is 2.17 bits per heavy atom. The molecule has 1 saturated carbocycles. The van der Waals surface area contributed by atoms with Crippen molar-refractivity contribution in [1.82, 2.24) is 0 Å². The first-order valence-electron chi connectivity index (χ1n) is 7.93. The van der Waals surface area contributed by atoms with Crippen molar-refractivity contribution in [2.75, 3.05) is 0 Å². The van der Waals surface area contributed by atoms with Crippen LogP contribution in [0.25, 0.3) is 0 Å². The van der Waals surface area contributed by atoms with E-state index >= 15 is 0 Å².